The number of carbonyl (C=O) groups is 1. The van der Waals surface area contributed by atoms with Crippen molar-refractivity contribution in [3.63, 3.8) is 0 Å². The second-order valence-electron chi connectivity index (χ2n) is 4.66. The lowest BCUT2D eigenvalue weighted by molar-refractivity contribution is -0.384. The molecule has 0 spiro atoms. The second kappa shape index (κ2) is 7.68. The van der Waals surface area contributed by atoms with Gasteiger partial charge >= 0.3 is 6.03 Å². The first-order valence-electron chi connectivity index (χ1n) is 6.65. The third-order valence-electron chi connectivity index (χ3n) is 3.10. The Labute approximate surface area is 135 Å². The van der Waals surface area contributed by atoms with Crippen LogP contribution in [0.1, 0.15) is 11.7 Å². The van der Waals surface area contributed by atoms with Crippen LogP contribution in [0.3, 0.4) is 0 Å². The van der Waals surface area contributed by atoms with Crippen LogP contribution >= 0.6 is 11.3 Å². The third-order valence-corrected chi connectivity index (χ3v) is 3.88. The number of urea groups is 1. The highest BCUT2D eigenvalue weighted by atomic mass is 32.1. The lowest BCUT2D eigenvalue weighted by atomic mass is 10.0. The summed E-state index contributed by atoms with van der Waals surface area (Å²) in [7, 11) is 0. The van der Waals surface area contributed by atoms with E-state index in [4.69, 9.17) is 0 Å². The SMILES string of the molecule is O=C(Nc1cccs1)N[C@@H](CO)[C@H](O)c1ccc([N+](=O)[O-])cc1. The molecule has 0 saturated heterocycles. The molecule has 0 aliphatic rings. The molecule has 2 rings (SSSR count). The van der Waals surface area contributed by atoms with E-state index in [9.17, 15) is 25.1 Å². The van der Waals surface area contributed by atoms with E-state index in [0.29, 0.717) is 10.6 Å². The number of nitrogens with one attached hydrogen (secondary N) is 2. The number of non-ortho nitro benzene ring substituents is 1. The number of hydrogen-bond acceptors (Lipinski definition) is 6. The third kappa shape index (κ3) is 4.49. The van der Waals surface area contributed by atoms with Crippen LogP contribution in [0.2, 0.25) is 0 Å². The van der Waals surface area contributed by atoms with Crippen molar-refractivity contribution in [2.75, 3.05) is 11.9 Å². The van der Waals surface area contributed by atoms with E-state index in [1.807, 2.05) is 0 Å². The molecule has 0 bridgehead atoms. The number of nitrogens with zero attached hydrogens (tertiary/aromatic N) is 1. The van der Waals surface area contributed by atoms with Crippen molar-refractivity contribution in [3.05, 3.63) is 57.5 Å². The fourth-order valence-electron chi connectivity index (χ4n) is 1.92. The number of carbonyl (C=O) groups excluding carboxylic acids is 1. The zero-order valence-corrected chi connectivity index (χ0v) is 12.7. The summed E-state index contributed by atoms with van der Waals surface area (Å²) in [5.41, 5.74) is 0.246. The summed E-state index contributed by atoms with van der Waals surface area (Å²) in [5, 5.41) is 37.7. The Hall–Kier alpha value is -2.49. The number of aliphatic hydroxyl groups is 2. The number of rotatable bonds is 6. The van der Waals surface area contributed by atoms with Crippen LogP contribution in [0.4, 0.5) is 15.5 Å². The number of amides is 2. The number of benzene rings is 1. The Balaban J connectivity index is 2.01. The molecular weight excluding hydrogens is 322 g/mol. The number of nitro groups is 1. The van der Waals surface area contributed by atoms with Crippen LogP contribution in [0, 0.1) is 10.1 Å². The van der Waals surface area contributed by atoms with Crippen LogP contribution in [-0.4, -0.2) is 33.8 Å². The normalized spacial score (nSPS) is 13.1. The minimum Gasteiger partial charge on any atom is -0.394 e. The first kappa shape index (κ1) is 16.9. The fraction of sp³-hybridized carbons (Fsp3) is 0.214. The minimum atomic E-state index is -1.20. The van der Waals surface area contributed by atoms with Crippen molar-refractivity contribution in [1.29, 1.82) is 0 Å². The lowest BCUT2D eigenvalue weighted by Crippen LogP contribution is -2.43. The molecule has 0 fully saturated rings. The number of hydrogen-bond donors (Lipinski definition) is 4. The molecule has 23 heavy (non-hydrogen) atoms. The Kier molecular flexibility index (Phi) is 5.63. The highest BCUT2D eigenvalue weighted by Crippen LogP contribution is 2.21. The van der Waals surface area contributed by atoms with Gasteiger partial charge in [0.25, 0.3) is 5.69 Å². The van der Waals surface area contributed by atoms with Crippen LogP contribution < -0.4 is 10.6 Å². The monoisotopic (exact) mass is 337 g/mol. The predicted molar refractivity (Wildman–Crippen MR) is 85.4 cm³/mol. The smallest absolute Gasteiger partial charge is 0.320 e. The van der Waals surface area contributed by atoms with E-state index in [1.54, 1.807) is 17.5 Å². The van der Waals surface area contributed by atoms with Gasteiger partial charge in [0.1, 0.15) is 6.10 Å². The Morgan fingerprint density at radius 3 is 2.52 bits per heavy atom. The molecule has 1 heterocycles. The molecule has 0 radical (unpaired) electrons. The van der Waals surface area contributed by atoms with E-state index in [-0.39, 0.29) is 5.69 Å². The molecule has 8 nitrogen and oxygen atoms in total. The summed E-state index contributed by atoms with van der Waals surface area (Å²) in [6.45, 7) is -0.490. The predicted octanol–water partition coefficient (Wildman–Crippen LogP) is 1.87. The summed E-state index contributed by atoms with van der Waals surface area (Å²) in [4.78, 5) is 21.9. The maximum absolute atomic E-state index is 11.8. The van der Waals surface area contributed by atoms with Gasteiger partial charge < -0.3 is 15.5 Å². The summed E-state index contributed by atoms with van der Waals surface area (Å²) in [5.74, 6) is 0. The summed E-state index contributed by atoms with van der Waals surface area (Å²) >= 11 is 1.33. The lowest BCUT2D eigenvalue weighted by Gasteiger charge is -2.22. The number of anilines is 1. The minimum absolute atomic E-state index is 0.107. The van der Waals surface area contributed by atoms with Gasteiger partial charge in [-0.25, -0.2) is 4.79 Å². The molecule has 2 amide bonds. The van der Waals surface area contributed by atoms with Crippen molar-refractivity contribution >= 4 is 28.1 Å². The Bertz CT molecular complexity index is 660. The maximum atomic E-state index is 11.8. The van der Waals surface area contributed by atoms with E-state index in [1.165, 1.54) is 35.6 Å². The summed E-state index contributed by atoms with van der Waals surface area (Å²) in [6, 6.07) is 7.23. The Morgan fingerprint density at radius 1 is 1.30 bits per heavy atom. The molecule has 0 aliphatic carbocycles. The highest BCUT2D eigenvalue weighted by Gasteiger charge is 2.23. The van der Waals surface area contributed by atoms with Crippen LogP contribution in [0.25, 0.3) is 0 Å². The number of thiophene rings is 1. The highest BCUT2D eigenvalue weighted by molar-refractivity contribution is 7.14. The maximum Gasteiger partial charge on any atom is 0.320 e. The van der Waals surface area contributed by atoms with Crippen molar-refractivity contribution in [2.45, 2.75) is 12.1 Å². The summed E-state index contributed by atoms with van der Waals surface area (Å²) < 4.78 is 0. The average molecular weight is 337 g/mol. The molecule has 0 unspecified atom stereocenters. The topological polar surface area (TPSA) is 125 Å². The van der Waals surface area contributed by atoms with Gasteiger partial charge in [0.15, 0.2) is 0 Å². The molecule has 4 N–H and O–H groups in total. The zero-order chi connectivity index (χ0) is 16.8. The Morgan fingerprint density at radius 2 is 2.00 bits per heavy atom. The number of nitro benzene ring substituents is 1. The van der Waals surface area contributed by atoms with Gasteiger partial charge in [-0.3, -0.25) is 15.4 Å². The van der Waals surface area contributed by atoms with Crippen LogP contribution in [0.5, 0.6) is 0 Å². The largest absolute Gasteiger partial charge is 0.394 e. The van der Waals surface area contributed by atoms with Gasteiger partial charge in [-0.15, -0.1) is 11.3 Å². The van der Waals surface area contributed by atoms with Gasteiger partial charge in [0.05, 0.1) is 22.6 Å². The molecule has 1 aromatic heterocycles. The van der Waals surface area contributed by atoms with Crippen molar-refractivity contribution in [2.24, 2.45) is 0 Å². The molecule has 0 aliphatic heterocycles. The van der Waals surface area contributed by atoms with Gasteiger partial charge in [0.2, 0.25) is 0 Å². The van der Waals surface area contributed by atoms with Gasteiger partial charge in [-0.05, 0) is 35.2 Å². The molecule has 1 aromatic carbocycles. The molecule has 9 heteroatoms. The molecule has 2 atom stereocenters. The molecule has 122 valence electrons. The first-order valence-corrected chi connectivity index (χ1v) is 7.53. The molecular formula is C14H15N3O5S. The first-order chi connectivity index (χ1) is 11.0. The van der Waals surface area contributed by atoms with Gasteiger partial charge in [-0.1, -0.05) is 0 Å². The van der Waals surface area contributed by atoms with E-state index in [2.05, 4.69) is 10.6 Å². The van der Waals surface area contributed by atoms with Crippen molar-refractivity contribution < 1.29 is 19.9 Å². The second-order valence-corrected chi connectivity index (χ2v) is 5.61. The van der Waals surface area contributed by atoms with E-state index >= 15 is 0 Å². The van der Waals surface area contributed by atoms with Crippen molar-refractivity contribution in [3.8, 4) is 0 Å². The standard InChI is InChI=1S/C14H15N3O5S/c18-8-11(15-14(20)16-12-2-1-7-23-12)13(19)9-3-5-10(6-4-9)17(21)22/h1-7,11,13,18-19H,8H2,(H2,15,16,20)/t11-,13+/m0/s1. The molecule has 0 saturated carbocycles. The summed E-state index contributed by atoms with van der Waals surface area (Å²) in [6.07, 6.45) is -1.20. The quantitative estimate of drug-likeness (QED) is 0.473. The van der Waals surface area contributed by atoms with Crippen LogP contribution in [0.15, 0.2) is 41.8 Å². The van der Waals surface area contributed by atoms with Crippen molar-refractivity contribution in [1.82, 2.24) is 5.32 Å². The zero-order valence-electron chi connectivity index (χ0n) is 11.9. The molecule has 2 aromatic rings. The van der Waals surface area contributed by atoms with Crippen LogP contribution in [-0.2, 0) is 0 Å². The van der Waals surface area contributed by atoms with Gasteiger partial charge in [0, 0.05) is 12.1 Å². The van der Waals surface area contributed by atoms with Gasteiger partial charge in [-0.2, -0.15) is 0 Å². The van der Waals surface area contributed by atoms with E-state index < -0.39 is 29.7 Å². The fourth-order valence-corrected chi connectivity index (χ4v) is 2.53. The van der Waals surface area contributed by atoms with E-state index in [0.717, 1.165) is 0 Å². The number of aliphatic hydroxyl groups excluding tert-OH is 2. The average Bonchev–Trinajstić information content (AvgIpc) is 3.05.